The molecule has 1 atom stereocenters. The molecule has 0 bridgehead atoms. The van der Waals surface area contributed by atoms with Gasteiger partial charge in [-0.3, -0.25) is 0 Å². The largest absolute Gasteiger partial charge is 0.475 e. The van der Waals surface area contributed by atoms with E-state index in [4.69, 9.17) is 22.7 Å². The number of thiocarbonyl (C=S) groups is 1. The third kappa shape index (κ3) is 3.36. The first kappa shape index (κ1) is 13.2. The van der Waals surface area contributed by atoms with Gasteiger partial charge in [-0.05, 0) is 26.4 Å². The maximum atomic E-state index is 5.65. The molecule has 0 aromatic carbocycles. The summed E-state index contributed by atoms with van der Waals surface area (Å²) in [4.78, 5) is 10.8. The van der Waals surface area contributed by atoms with Crippen molar-refractivity contribution < 1.29 is 4.74 Å². The van der Waals surface area contributed by atoms with Crippen molar-refractivity contribution in [2.75, 3.05) is 20.2 Å². The number of ether oxygens (including phenoxy) is 1. The van der Waals surface area contributed by atoms with Crippen LogP contribution in [0, 0.1) is 0 Å². The molecule has 0 radical (unpaired) electrons. The molecule has 2 N–H and O–H groups in total. The van der Waals surface area contributed by atoms with Gasteiger partial charge in [0.25, 0.3) is 0 Å². The summed E-state index contributed by atoms with van der Waals surface area (Å²) in [5.74, 6) is 0.522. The van der Waals surface area contributed by atoms with Crippen molar-refractivity contribution in [2.24, 2.45) is 5.73 Å². The molecule has 0 spiro atoms. The predicted molar refractivity (Wildman–Crippen MR) is 73.7 cm³/mol. The first-order valence-electron chi connectivity index (χ1n) is 6.11. The molecule has 1 aromatic rings. The smallest absolute Gasteiger partial charge is 0.232 e. The van der Waals surface area contributed by atoms with Crippen molar-refractivity contribution in [3.63, 3.8) is 0 Å². The van der Waals surface area contributed by atoms with Crippen molar-refractivity contribution in [3.8, 4) is 5.88 Å². The van der Waals surface area contributed by atoms with Gasteiger partial charge in [-0.2, -0.15) is 0 Å². The van der Waals surface area contributed by atoms with Crippen LogP contribution < -0.4 is 10.5 Å². The van der Waals surface area contributed by atoms with Crippen LogP contribution >= 0.6 is 12.2 Å². The minimum Gasteiger partial charge on any atom is -0.475 e. The van der Waals surface area contributed by atoms with Crippen LogP contribution in [0.15, 0.2) is 12.4 Å². The fourth-order valence-electron chi connectivity index (χ4n) is 2.05. The molecule has 98 valence electrons. The summed E-state index contributed by atoms with van der Waals surface area (Å²) >= 11 is 4.82. The number of nitrogens with two attached hydrogens (primary N) is 1. The van der Waals surface area contributed by atoms with Crippen LogP contribution in [0.5, 0.6) is 5.88 Å². The number of likely N-dealkylation sites (N-methyl/N-ethyl adjacent to an activating group) is 1. The Morgan fingerprint density at radius 2 is 2.33 bits per heavy atom. The Balaban J connectivity index is 1.87. The van der Waals surface area contributed by atoms with E-state index in [0.717, 1.165) is 6.54 Å². The fraction of sp³-hybridized carbons (Fsp3) is 0.583. The number of rotatable bonds is 4. The highest BCUT2D eigenvalue weighted by Crippen LogP contribution is 2.16. The molecule has 18 heavy (non-hydrogen) atoms. The fourth-order valence-corrected chi connectivity index (χ4v) is 2.16. The summed E-state index contributed by atoms with van der Waals surface area (Å²) in [5, 5.41) is 0. The topological polar surface area (TPSA) is 64.3 Å². The van der Waals surface area contributed by atoms with Gasteiger partial charge in [0.2, 0.25) is 5.88 Å². The minimum atomic E-state index is 0.251. The van der Waals surface area contributed by atoms with Gasteiger partial charge < -0.3 is 15.4 Å². The third-order valence-corrected chi connectivity index (χ3v) is 3.43. The summed E-state index contributed by atoms with van der Waals surface area (Å²) in [6.07, 6.45) is 6.83. The van der Waals surface area contributed by atoms with Crippen LogP contribution in [0.25, 0.3) is 0 Å². The van der Waals surface area contributed by atoms with Crippen molar-refractivity contribution in [3.05, 3.63) is 18.1 Å². The zero-order valence-corrected chi connectivity index (χ0v) is 11.3. The highest BCUT2D eigenvalue weighted by Gasteiger charge is 2.19. The van der Waals surface area contributed by atoms with Gasteiger partial charge in [0.15, 0.2) is 0 Å². The maximum absolute atomic E-state index is 5.65. The van der Waals surface area contributed by atoms with Crippen molar-refractivity contribution in [1.29, 1.82) is 0 Å². The average molecular weight is 266 g/mol. The zero-order valence-electron chi connectivity index (χ0n) is 10.5. The van der Waals surface area contributed by atoms with Gasteiger partial charge in [-0.15, -0.1) is 0 Å². The molecular weight excluding hydrogens is 248 g/mol. The van der Waals surface area contributed by atoms with E-state index < -0.39 is 0 Å². The summed E-state index contributed by atoms with van der Waals surface area (Å²) in [5.41, 5.74) is 5.97. The van der Waals surface area contributed by atoms with Crippen molar-refractivity contribution in [2.45, 2.75) is 25.3 Å². The summed E-state index contributed by atoms with van der Waals surface area (Å²) in [6, 6.07) is 0.468. The van der Waals surface area contributed by atoms with E-state index in [-0.39, 0.29) is 4.99 Å². The molecule has 0 amide bonds. The van der Waals surface area contributed by atoms with Gasteiger partial charge in [0, 0.05) is 6.04 Å². The van der Waals surface area contributed by atoms with E-state index in [1.807, 2.05) is 0 Å². The maximum Gasteiger partial charge on any atom is 0.232 e. The van der Waals surface area contributed by atoms with E-state index in [1.54, 1.807) is 12.4 Å². The van der Waals surface area contributed by atoms with Crippen LogP contribution in [-0.4, -0.2) is 46.1 Å². The third-order valence-electron chi connectivity index (χ3n) is 3.23. The molecule has 6 heteroatoms. The van der Waals surface area contributed by atoms with E-state index >= 15 is 0 Å². The quantitative estimate of drug-likeness (QED) is 0.819. The lowest BCUT2D eigenvalue weighted by atomic mass is 10.0. The second-order valence-corrected chi connectivity index (χ2v) is 4.99. The monoisotopic (exact) mass is 266 g/mol. The second kappa shape index (κ2) is 6.06. The molecular formula is C12H18N4OS. The SMILES string of the molecule is CN1CCCCC1COc1cnc(C(N)=S)cn1. The molecule has 2 heterocycles. The van der Waals surface area contributed by atoms with Gasteiger partial charge >= 0.3 is 0 Å². The second-order valence-electron chi connectivity index (χ2n) is 4.55. The molecule has 1 aliphatic rings. The lowest BCUT2D eigenvalue weighted by molar-refractivity contribution is 0.122. The van der Waals surface area contributed by atoms with Crippen LogP contribution in [0.2, 0.25) is 0 Å². The minimum absolute atomic E-state index is 0.251. The highest BCUT2D eigenvalue weighted by molar-refractivity contribution is 7.80. The number of hydrogen-bond donors (Lipinski definition) is 1. The Morgan fingerprint density at radius 3 is 2.94 bits per heavy atom. The van der Waals surface area contributed by atoms with Gasteiger partial charge in [-0.1, -0.05) is 18.6 Å². The van der Waals surface area contributed by atoms with Gasteiger partial charge in [-0.25, -0.2) is 9.97 Å². The first-order valence-corrected chi connectivity index (χ1v) is 6.52. The summed E-state index contributed by atoms with van der Waals surface area (Å²) in [6.45, 7) is 1.79. The molecule has 1 aliphatic heterocycles. The number of nitrogens with zero attached hydrogens (tertiary/aromatic N) is 3. The lowest BCUT2D eigenvalue weighted by Crippen LogP contribution is -2.40. The van der Waals surface area contributed by atoms with Crippen LogP contribution in [0.4, 0.5) is 0 Å². The van der Waals surface area contributed by atoms with Crippen molar-refractivity contribution in [1.82, 2.24) is 14.9 Å². The standard InChI is InChI=1S/C12H18N4OS/c1-16-5-3-2-4-9(16)8-17-11-7-14-10(6-15-11)12(13)18/h6-7,9H,2-5,8H2,1H3,(H2,13,18). The first-order chi connectivity index (χ1) is 8.66. The van der Waals surface area contributed by atoms with E-state index in [9.17, 15) is 0 Å². The number of aromatic nitrogens is 2. The summed E-state index contributed by atoms with van der Waals surface area (Å²) in [7, 11) is 2.13. The molecule has 0 aliphatic carbocycles. The normalized spacial score (nSPS) is 20.6. The number of hydrogen-bond acceptors (Lipinski definition) is 5. The van der Waals surface area contributed by atoms with Gasteiger partial charge in [0.05, 0.1) is 12.4 Å². The average Bonchev–Trinajstić information content (AvgIpc) is 2.38. The van der Waals surface area contributed by atoms with Crippen LogP contribution in [-0.2, 0) is 0 Å². The van der Waals surface area contributed by atoms with Crippen LogP contribution in [0.1, 0.15) is 25.0 Å². The molecule has 5 nitrogen and oxygen atoms in total. The molecule has 0 saturated carbocycles. The highest BCUT2D eigenvalue weighted by atomic mass is 32.1. The van der Waals surface area contributed by atoms with E-state index in [1.165, 1.54) is 19.3 Å². The number of piperidine rings is 1. The molecule has 1 aromatic heterocycles. The zero-order chi connectivity index (χ0) is 13.0. The van der Waals surface area contributed by atoms with E-state index in [0.29, 0.717) is 24.2 Å². The molecule has 1 fully saturated rings. The Morgan fingerprint density at radius 1 is 1.50 bits per heavy atom. The lowest BCUT2D eigenvalue weighted by Gasteiger charge is -2.31. The van der Waals surface area contributed by atoms with E-state index in [2.05, 4.69) is 21.9 Å². The Bertz CT molecular complexity index is 409. The summed E-state index contributed by atoms with van der Waals surface area (Å²) < 4.78 is 5.65. The Labute approximate surface area is 112 Å². The number of likely N-dealkylation sites (tertiary alicyclic amines) is 1. The van der Waals surface area contributed by atoms with Gasteiger partial charge in [0.1, 0.15) is 17.3 Å². The molecule has 1 saturated heterocycles. The van der Waals surface area contributed by atoms with Crippen molar-refractivity contribution >= 4 is 17.2 Å². The predicted octanol–water partition coefficient (Wildman–Crippen LogP) is 0.974. The molecule has 2 rings (SSSR count). The molecule has 1 unspecified atom stereocenters. The van der Waals surface area contributed by atoms with Crippen LogP contribution in [0.3, 0.4) is 0 Å². The Hall–Kier alpha value is -1.27. The Kier molecular flexibility index (Phi) is 4.43.